The van der Waals surface area contributed by atoms with Crippen LogP contribution in [0.25, 0.3) is 5.57 Å². The molecular weight excluding hydrogens is 350 g/mol. The number of methoxy groups -OCH3 is 1. The van der Waals surface area contributed by atoms with Crippen molar-refractivity contribution in [2.75, 3.05) is 27.3 Å². The number of rotatable bonds is 7. The van der Waals surface area contributed by atoms with Crippen molar-refractivity contribution in [3.63, 3.8) is 0 Å². The number of fused-ring (bicyclic) bond motifs is 1. The summed E-state index contributed by atoms with van der Waals surface area (Å²) in [6.07, 6.45) is 3.68. The molecule has 2 aromatic carbocycles. The molecule has 148 valence electrons. The molecule has 3 rings (SSSR count). The molecule has 4 nitrogen and oxygen atoms in total. The Kier molecular flexibility index (Phi) is 6.40. The molecule has 0 saturated carbocycles. The fourth-order valence-corrected chi connectivity index (χ4v) is 3.52. The third-order valence-corrected chi connectivity index (χ3v) is 5.33. The van der Waals surface area contributed by atoms with Gasteiger partial charge in [-0.15, -0.1) is 0 Å². The molecule has 0 N–H and O–H groups in total. The molecule has 0 aromatic heterocycles. The third-order valence-electron chi connectivity index (χ3n) is 5.33. The third kappa shape index (κ3) is 4.38. The van der Waals surface area contributed by atoms with Gasteiger partial charge >= 0.3 is 0 Å². The minimum Gasteiger partial charge on any atom is -0.496 e. The average Bonchev–Trinajstić information content (AvgIpc) is 2.75. The van der Waals surface area contributed by atoms with E-state index in [0.717, 1.165) is 54.9 Å². The molecule has 1 heterocycles. The molecule has 4 heteroatoms. The molecule has 2 aromatic rings. The van der Waals surface area contributed by atoms with Crippen LogP contribution >= 0.6 is 0 Å². The summed E-state index contributed by atoms with van der Waals surface area (Å²) < 4.78 is 11.1. The fraction of sp³-hybridized carbons (Fsp3) is 0.375. The lowest BCUT2D eigenvalue weighted by Crippen LogP contribution is -2.28. The van der Waals surface area contributed by atoms with Crippen molar-refractivity contribution in [2.24, 2.45) is 0 Å². The Labute approximate surface area is 167 Å². The smallest absolute Gasteiger partial charge is 0.253 e. The number of hydrogen-bond acceptors (Lipinski definition) is 3. The maximum atomic E-state index is 12.8. The summed E-state index contributed by atoms with van der Waals surface area (Å²) in [4.78, 5) is 14.5. The Morgan fingerprint density at radius 1 is 1.21 bits per heavy atom. The second kappa shape index (κ2) is 8.96. The zero-order chi connectivity index (χ0) is 20.1. The average molecular weight is 380 g/mol. The molecule has 1 aliphatic rings. The molecular formula is C24H29NO3. The molecule has 0 radical (unpaired) electrons. The van der Waals surface area contributed by atoms with E-state index in [0.29, 0.717) is 12.1 Å². The molecule has 0 unspecified atom stereocenters. The number of carbonyl (C=O) groups excluding carboxylic acids is 1. The van der Waals surface area contributed by atoms with Crippen molar-refractivity contribution in [3.05, 3.63) is 65.2 Å². The summed E-state index contributed by atoms with van der Waals surface area (Å²) in [6.45, 7) is 7.67. The number of ether oxygens (including phenoxy) is 2. The van der Waals surface area contributed by atoms with E-state index in [1.54, 1.807) is 12.0 Å². The molecule has 0 aliphatic carbocycles. The monoisotopic (exact) mass is 379 g/mol. The first kappa shape index (κ1) is 20.0. The van der Waals surface area contributed by atoms with Crippen molar-refractivity contribution >= 4 is 11.5 Å². The summed E-state index contributed by atoms with van der Waals surface area (Å²) in [5.74, 6) is 1.76. The van der Waals surface area contributed by atoms with E-state index in [-0.39, 0.29) is 5.91 Å². The second-order valence-corrected chi connectivity index (χ2v) is 7.23. The minimum atomic E-state index is 0.00810. The predicted octanol–water partition coefficient (Wildman–Crippen LogP) is 4.76. The SMILES string of the molecule is C=C(CCN(C)C(=O)c1ccc2c(c1)OCCC2)c1ccc(OC)c(CC)c1. The first-order valence-electron chi connectivity index (χ1n) is 9.89. The molecule has 0 atom stereocenters. The van der Waals surface area contributed by atoms with Gasteiger partial charge in [-0.25, -0.2) is 0 Å². The van der Waals surface area contributed by atoms with Crippen LogP contribution in [-0.2, 0) is 12.8 Å². The first-order chi connectivity index (χ1) is 13.5. The molecule has 1 aliphatic heterocycles. The Bertz CT molecular complexity index is 872. The van der Waals surface area contributed by atoms with Gasteiger partial charge < -0.3 is 14.4 Å². The summed E-state index contributed by atoms with van der Waals surface area (Å²) in [6, 6.07) is 11.9. The lowest BCUT2D eigenvalue weighted by atomic mass is 10.00. The number of hydrogen-bond donors (Lipinski definition) is 0. The molecule has 28 heavy (non-hydrogen) atoms. The Balaban J connectivity index is 1.62. The zero-order valence-corrected chi connectivity index (χ0v) is 17.1. The first-order valence-corrected chi connectivity index (χ1v) is 9.89. The lowest BCUT2D eigenvalue weighted by molar-refractivity contribution is 0.0797. The van der Waals surface area contributed by atoms with Crippen LogP contribution in [0.1, 0.15) is 46.8 Å². The quantitative estimate of drug-likeness (QED) is 0.696. The highest BCUT2D eigenvalue weighted by molar-refractivity contribution is 5.94. The minimum absolute atomic E-state index is 0.00810. The van der Waals surface area contributed by atoms with E-state index < -0.39 is 0 Å². The van der Waals surface area contributed by atoms with Crippen LogP contribution in [0.15, 0.2) is 43.0 Å². The van der Waals surface area contributed by atoms with Gasteiger partial charge in [-0.3, -0.25) is 4.79 Å². The van der Waals surface area contributed by atoms with Crippen molar-refractivity contribution in [2.45, 2.75) is 32.6 Å². The van der Waals surface area contributed by atoms with Gasteiger partial charge in [0.1, 0.15) is 11.5 Å². The normalized spacial score (nSPS) is 12.7. The van der Waals surface area contributed by atoms with E-state index in [4.69, 9.17) is 9.47 Å². The molecule has 0 fully saturated rings. The topological polar surface area (TPSA) is 38.8 Å². The molecule has 1 amide bonds. The Hall–Kier alpha value is -2.75. The maximum Gasteiger partial charge on any atom is 0.253 e. The van der Waals surface area contributed by atoms with E-state index in [2.05, 4.69) is 19.6 Å². The zero-order valence-electron chi connectivity index (χ0n) is 17.1. The van der Waals surface area contributed by atoms with Crippen molar-refractivity contribution in [1.82, 2.24) is 4.90 Å². The highest BCUT2D eigenvalue weighted by atomic mass is 16.5. The van der Waals surface area contributed by atoms with Gasteiger partial charge in [-0.2, -0.15) is 0 Å². The highest BCUT2D eigenvalue weighted by Crippen LogP contribution is 2.27. The van der Waals surface area contributed by atoms with Gasteiger partial charge in [0.15, 0.2) is 0 Å². The van der Waals surface area contributed by atoms with Crippen molar-refractivity contribution in [1.29, 1.82) is 0 Å². The van der Waals surface area contributed by atoms with E-state index in [1.165, 1.54) is 11.1 Å². The van der Waals surface area contributed by atoms with Gasteiger partial charge in [0.05, 0.1) is 13.7 Å². The van der Waals surface area contributed by atoms with E-state index in [1.807, 2.05) is 37.4 Å². The van der Waals surface area contributed by atoms with Crippen LogP contribution in [0.5, 0.6) is 11.5 Å². The van der Waals surface area contributed by atoms with Crippen LogP contribution in [0.4, 0.5) is 0 Å². The van der Waals surface area contributed by atoms with Crippen LogP contribution in [0.3, 0.4) is 0 Å². The molecule has 0 saturated heterocycles. The fourth-order valence-electron chi connectivity index (χ4n) is 3.52. The van der Waals surface area contributed by atoms with Gasteiger partial charge in [-0.05, 0) is 72.2 Å². The molecule has 0 bridgehead atoms. The number of carbonyl (C=O) groups is 1. The van der Waals surface area contributed by atoms with Crippen LogP contribution in [0.2, 0.25) is 0 Å². The van der Waals surface area contributed by atoms with Crippen LogP contribution < -0.4 is 9.47 Å². The van der Waals surface area contributed by atoms with Gasteiger partial charge in [0.25, 0.3) is 5.91 Å². The molecule has 0 spiro atoms. The summed E-state index contributed by atoms with van der Waals surface area (Å²) in [5.41, 5.74) is 5.14. The standard InChI is InChI=1S/C24H29NO3/c1-5-18-15-20(10-11-22(18)27-4)17(2)12-13-25(3)24(26)21-9-8-19-7-6-14-28-23(19)16-21/h8-11,15-16H,2,5-7,12-14H2,1,3-4H3. The Morgan fingerprint density at radius 3 is 2.75 bits per heavy atom. The summed E-state index contributed by atoms with van der Waals surface area (Å²) in [5, 5.41) is 0. The summed E-state index contributed by atoms with van der Waals surface area (Å²) >= 11 is 0. The van der Waals surface area contributed by atoms with Gasteiger partial charge in [0.2, 0.25) is 0 Å². The predicted molar refractivity (Wildman–Crippen MR) is 113 cm³/mol. The van der Waals surface area contributed by atoms with Crippen molar-refractivity contribution in [3.8, 4) is 11.5 Å². The van der Waals surface area contributed by atoms with Crippen LogP contribution in [-0.4, -0.2) is 38.1 Å². The number of nitrogens with zero attached hydrogens (tertiary/aromatic N) is 1. The van der Waals surface area contributed by atoms with E-state index in [9.17, 15) is 4.79 Å². The number of aryl methyl sites for hydroxylation is 2. The van der Waals surface area contributed by atoms with Gasteiger partial charge in [0, 0.05) is 19.2 Å². The number of amides is 1. The highest BCUT2D eigenvalue weighted by Gasteiger charge is 2.17. The van der Waals surface area contributed by atoms with Crippen LogP contribution in [0, 0.1) is 0 Å². The largest absolute Gasteiger partial charge is 0.496 e. The number of benzene rings is 2. The van der Waals surface area contributed by atoms with E-state index >= 15 is 0 Å². The van der Waals surface area contributed by atoms with Gasteiger partial charge in [-0.1, -0.05) is 25.6 Å². The lowest BCUT2D eigenvalue weighted by Gasteiger charge is -2.21. The second-order valence-electron chi connectivity index (χ2n) is 7.23. The van der Waals surface area contributed by atoms with Crippen molar-refractivity contribution < 1.29 is 14.3 Å². The summed E-state index contributed by atoms with van der Waals surface area (Å²) in [7, 11) is 3.52. The maximum absolute atomic E-state index is 12.8. The Morgan fingerprint density at radius 2 is 2.00 bits per heavy atom.